The smallest absolute Gasteiger partial charge is 0.267 e. The molecule has 0 heterocycles. The predicted octanol–water partition coefficient (Wildman–Crippen LogP) is 3.97. The van der Waals surface area contributed by atoms with E-state index in [1.54, 1.807) is 36.4 Å². The summed E-state index contributed by atoms with van der Waals surface area (Å²) in [6.07, 6.45) is 1.15. The van der Waals surface area contributed by atoms with E-state index in [1.165, 1.54) is 24.0 Å². The van der Waals surface area contributed by atoms with E-state index in [1.807, 2.05) is 0 Å². The Morgan fingerprint density at radius 1 is 1.19 bits per heavy atom. The molecule has 2 aromatic carbocycles. The van der Waals surface area contributed by atoms with E-state index in [0.717, 1.165) is 6.20 Å². The van der Waals surface area contributed by atoms with Gasteiger partial charge in [0.1, 0.15) is 11.6 Å². The molecule has 0 saturated carbocycles. The van der Waals surface area contributed by atoms with Crippen molar-refractivity contribution in [1.82, 2.24) is 0 Å². The average molecular weight is 389 g/mol. The van der Waals surface area contributed by atoms with Gasteiger partial charge in [-0.15, -0.1) is 0 Å². The van der Waals surface area contributed by atoms with Gasteiger partial charge in [-0.3, -0.25) is 14.5 Å². The second-order valence-corrected chi connectivity index (χ2v) is 6.06. The van der Waals surface area contributed by atoms with Crippen molar-refractivity contribution in [3.8, 4) is 6.07 Å². The van der Waals surface area contributed by atoms with E-state index < -0.39 is 5.91 Å². The van der Waals surface area contributed by atoms with Crippen molar-refractivity contribution in [2.75, 3.05) is 16.0 Å². The fourth-order valence-electron chi connectivity index (χ4n) is 2.03. The zero-order valence-corrected chi connectivity index (χ0v) is 15.2. The monoisotopic (exact) mass is 388 g/mol. The summed E-state index contributed by atoms with van der Waals surface area (Å²) < 4.78 is 0. The number of halogens is 2. The first-order valence-electron chi connectivity index (χ1n) is 7.35. The van der Waals surface area contributed by atoms with Crippen LogP contribution in [0.5, 0.6) is 0 Å². The number of carbonyl (C=O) groups excluding carboxylic acids is 2. The number of nitrogens with zero attached hydrogens (tertiary/aromatic N) is 2. The molecule has 0 spiro atoms. The molecule has 0 saturated heterocycles. The second kappa shape index (κ2) is 8.39. The van der Waals surface area contributed by atoms with Crippen molar-refractivity contribution in [3.63, 3.8) is 0 Å². The standard InChI is InChI=1S/C18H14Cl2N4O2/c1-11(25)24(15-5-3-14(22)4-6-15)10-12(9-21)18(26)23-17-8-13(19)2-7-16(17)20/h2-8,10H,22H2,1H3,(H,23,26)/b12-10-. The summed E-state index contributed by atoms with van der Waals surface area (Å²) in [5.74, 6) is -1.10. The van der Waals surface area contributed by atoms with Crippen molar-refractivity contribution < 1.29 is 9.59 Å². The fourth-order valence-corrected chi connectivity index (χ4v) is 2.37. The van der Waals surface area contributed by atoms with Crippen LogP contribution in [0.3, 0.4) is 0 Å². The normalized spacial score (nSPS) is 10.8. The Morgan fingerprint density at radius 2 is 1.85 bits per heavy atom. The Balaban J connectivity index is 2.33. The lowest BCUT2D eigenvalue weighted by atomic mass is 10.2. The Labute approximate surface area is 160 Å². The molecule has 8 heteroatoms. The first-order chi connectivity index (χ1) is 12.3. The Hall–Kier alpha value is -3.01. The first kappa shape index (κ1) is 19.3. The molecule has 0 bridgehead atoms. The van der Waals surface area contributed by atoms with E-state index in [9.17, 15) is 14.9 Å². The fraction of sp³-hybridized carbons (Fsp3) is 0.0556. The van der Waals surface area contributed by atoms with Gasteiger partial charge in [-0.25, -0.2) is 0 Å². The van der Waals surface area contributed by atoms with Gasteiger partial charge in [0.15, 0.2) is 0 Å². The molecule has 6 nitrogen and oxygen atoms in total. The number of hydrogen-bond acceptors (Lipinski definition) is 4. The third-order valence-electron chi connectivity index (χ3n) is 3.31. The van der Waals surface area contributed by atoms with Gasteiger partial charge in [-0.05, 0) is 42.5 Å². The molecule has 0 aliphatic carbocycles. The maximum atomic E-state index is 12.4. The molecule has 132 valence electrons. The SMILES string of the molecule is CC(=O)N(/C=C(/C#N)C(=O)Nc1cc(Cl)ccc1Cl)c1ccc(N)cc1. The Morgan fingerprint density at radius 3 is 2.42 bits per heavy atom. The number of nitriles is 1. The van der Waals surface area contributed by atoms with Crippen LogP contribution in [-0.2, 0) is 9.59 Å². The summed E-state index contributed by atoms with van der Waals surface area (Å²) in [5, 5.41) is 12.5. The van der Waals surface area contributed by atoms with Crippen LogP contribution in [0.1, 0.15) is 6.92 Å². The largest absolute Gasteiger partial charge is 0.399 e. The van der Waals surface area contributed by atoms with Crippen LogP contribution in [0, 0.1) is 11.3 Å². The molecule has 0 aromatic heterocycles. The topological polar surface area (TPSA) is 99.2 Å². The Kier molecular flexibility index (Phi) is 6.23. The number of nitrogens with one attached hydrogen (secondary N) is 1. The second-order valence-electron chi connectivity index (χ2n) is 5.21. The van der Waals surface area contributed by atoms with Crippen molar-refractivity contribution >= 4 is 52.1 Å². The highest BCUT2D eigenvalue weighted by molar-refractivity contribution is 6.36. The molecule has 0 atom stereocenters. The molecule has 0 aliphatic rings. The Bertz CT molecular complexity index is 918. The lowest BCUT2D eigenvalue weighted by Crippen LogP contribution is -2.25. The van der Waals surface area contributed by atoms with Gasteiger partial charge in [0.25, 0.3) is 5.91 Å². The van der Waals surface area contributed by atoms with Crippen molar-refractivity contribution in [2.24, 2.45) is 0 Å². The van der Waals surface area contributed by atoms with E-state index in [-0.39, 0.29) is 22.2 Å². The molecule has 0 unspecified atom stereocenters. The molecule has 2 amide bonds. The molecule has 0 aliphatic heterocycles. The van der Waals surface area contributed by atoms with Gasteiger partial charge < -0.3 is 11.1 Å². The minimum atomic E-state index is -0.724. The zero-order valence-electron chi connectivity index (χ0n) is 13.7. The van der Waals surface area contributed by atoms with Crippen LogP contribution >= 0.6 is 23.2 Å². The van der Waals surface area contributed by atoms with Gasteiger partial charge in [0.05, 0.1) is 10.7 Å². The highest BCUT2D eigenvalue weighted by Crippen LogP contribution is 2.26. The molecule has 3 N–H and O–H groups in total. The van der Waals surface area contributed by atoms with Crippen LogP contribution in [0.25, 0.3) is 0 Å². The van der Waals surface area contributed by atoms with Crippen LogP contribution in [0.15, 0.2) is 54.2 Å². The summed E-state index contributed by atoms with van der Waals surface area (Å²) >= 11 is 11.9. The summed E-state index contributed by atoms with van der Waals surface area (Å²) in [6, 6.07) is 12.7. The van der Waals surface area contributed by atoms with E-state index in [0.29, 0.717) is 16.4 Å². The number of nitrogens with two attached hydrogens (primary N) is 1. The molecule has 2 rings (SSSR count). The summed E-state index contributed by atoms with van der Waals surface area (Å²) in [5.41, 5.74) is 6.59. The van der Waals surface area contributed by atoms with Gasteiger partial charge in [-0.2, -0.15) is 5.26 Å². The van der Waals surface area contributed by atoms with Crippen LogP contribution < -0.4 is 16.0 Å². The third-order valence-corrected chi connectivity index (χ3v) is 3.88. The molecule has 26 heavy (non-hydrogen) atoms. The minimum Gasteiger partial charge on any atom is -0.399 e. The van der Waals surface area contributed by atoms with Crippen LogP contribution in [0.2, 0.25) is 10.0 Å². The molecule has 0 fully saturated rings. The van der Waals surface area contributed by atoms with Gasteiger partial charge in [0, 0.05) is 29.5 Å². The highest BCUT2D eigenvalue weighted by Gasteiger charge is 2.16. The highest BCUT2D eigenvalue weighted by atomic mass is 35.5. The number of benzene rings is 2. The predicted molar refractivity (Wildman–Crippen MR) is 103 cm³/mol. The summed E-state index contributed by atoms with van der Waals surface area (Å²) in [6.45, 7) is 1.31. The minimum absolute atomic E-state index is 0.257. The van der Waals surface area contributed by atoms with Crippen molar-refractivity contribution in [3.05, 3.63) is 64.3 Å². The van der Waals surface area contributed by atoms with Gasteiger partial charge >= 0.3 is 0 Å². The molecular formula is C18H14Cl2N4O2. The van der Waals surface area contributed by atoms with Gasteiger partial charge in [-0.1, -0.05) is 23.2 Å². The number of carbonyl (C=O) groups is 2. The zero-order chi connectivity index (χ0) is 19.3. The summed E-state index contributed by atoms with van der Waals surface area (Å²) in [7, 11) is 0. The van der Waals surface area contributed by atoms with E-state index in [4.69, 9.17) is 28.9 Å². The number of amides is 2. The molecular weight excluding hydrogens is 375 g/mol. The third kappa shape index (κ3) is 4.76. The summed E-state index contributed by atoms with van der Waals surface area (Å²) in [4.78, 5) is 25.5. The first-order valence-corrected chi connectivity index (χ1v) is 8.11. The number of nitrogen functional groups attached to an aromatic ring is 1. The quantitative estimate of drug-likeness (QED) is 0.470. The van der Waals surface area contributed by atoms with Crippen molar-refractivity contribution in [1.29, 1.82) is 5.26 Å². The van der Waals surface area contributed by atoms with E-state index >= 15 is 0 Å². The number of hydrogen-bond donors (Lipinski definition) is 2. The van der Waals surface area contributed by atoms with Crippen LogP contribution in [0.4, 0.5) is 17.1 Å². The average Bonchev–Trinajstić information content (AvgIpc) is 2.60. The molecule has 0 radical (unpaired) electrons. The molecule has 2 aromatic rings. The van der Waals surface area contributed by atoms with Crippen LogP contribution in [-0.4, -0.2) is 11.8 Å². The van der Waals surface area contributed by atoms with E-state index in [2.05, 4.69) is 5.32 Å². The van der Waals surface area contributed by atoms with Crippen molar-refractivity contribution in [2.45, 2.75) is 6.92 Å². The number of anilines is 3. The maximum absolute atomic E-state index is 12.4. The number of rotatable bonds is 4. The lowest BCUT2D eigenvalue weighted by molar-refractivity contribution is -0.116. The van der Waals surface area contributed by atoms with Gasteiger partial charge in [0.2, 0.25) is 5.91 Å². The maximum Gasteiger partial charge on any atom is 0.267 e. The lowest BCUT2D eigenvalue weighted by Gasteiger charge is -2.17.